The molecule has 4 nitrogen and oxygen atoms in total. The monoisotopic (exact) mass is 389 g/mol. The molecule has 0 aliphatic heterocycles. The second kappa shape index (κ2) is 9.56. The van der Waals surface area contributed by atoms with Gasteiger partial charge in [0.1, 0.15) is 0 Å². The molecular weight excluding hydrogens is 363 g/mol. The minimum absolute atomic E-state index is 0.0190. The number of nitrogens with two attached hydrogens (primary N) is 2. The van der Waals surface area contributed by atoms with Crippen LogP contribution in [0.15, 0.2) is 22.4 Å². The number of carbonyl (C=O) groups is 1. The maximum Gasteiger partial charge on any atom is 0.413 e. The number of thiazole rings is 1. The van der Waals surface area contributed by atoms with Gasteiger partial charge in [0.15, 0.2) is 0 Å². The van der Waals surface area contributed by atoms with Gasteiger partial charge in [0.25, 0.3) is 5.91 Å². The van der Waals surface area contributed by atoms with E-state index in [1.54, 1.807) is 6.92 Å². The molecule has 0 bridgehead atoms. The summed E-state index contributed by atoms with van der Waals surface area (Å²) >= 11 is 1.21. The summed E-state index contributed by atoms with van der Waals surface area (Å²) in [6.45, 7) is 14.4. The summed E-state index contributed by atoms with van der Waals surface area (Å²) < 4.78 is 39.9. The highest BCUT2D eigenvalue weighted by Gasteiger charge is 2.39. The van der Waals surface area contributed by atoms with Gasteiger partial charge in [0.05, 0.1) is 20.5 Å². The smallest absolute Gasteiger partial charge is 0.401 e. The molecule has 1 heterocycles. The third kappa shape index (κ3) is 4.97. The summed E-state index contributed by atoms with van der Waals surface area (Å²) in [7, 11) is 0. The number of carbonyl (C=O) groups excluding carboxylic acids is 1. The van der Waals surface area contributed by atoms with Gasteiger partial charge >= 0.3 is 6.18 Å². The molecule has 0 spiro atoms. The largest absolute Gasteiger partial charge is 0.413 e. The number of hydrogen-bond donors (Lipinski definition) is 2. The summed E-state index contributed by atoms with van der Waals surface area (Å²) in [5.74, 6) is -0.974. The molecule has 0 saturated heterocycles. The average Bonchev–Trinajstić information content (AvgIpc) is 3.08. The predicted octanol–water partition coefficient (Wildman–Crippen LogP) is 3.05. The molecule has 8 heteroatoms. The van der Waals surface area contributed by atoms with E-state index >= 15 is 0 Å². The van der Waals surface area contributed by atoms with Crippen LogP contribution in [-0.2, 0) is 4.79 Å². The Labute approximate surface area is 155 Å². The first-order valence-corrected chi connectivity index (χ1v) is 9.08. The number of aromatic nitrogens is 1. The van der Waals surface area contributed by atoms with Crippen LogP contribution in [0.5, 0.6) is 0 Å². The summed E-state index contributed by atoms with van der Waals surface area (Å²) in [6.07, 6.45) is -4.57. The zero-order valence-corrected chi connectivity index (χ0v) is 16.8. The number of hydrogen-bond acceptors (Lipinski definition) is 4. The van der Waals surface area contributed by atoms with Gasteiger partial charge in [0.2, 0.25) is 0 Å². The Bertz CT molecular complexity index is 833. The van der Waals surface area contributed by atoms with Crippen molar-refractivity contribution in [2.24, 2.45) is 11.5 Å². The van der Waals surface area contributed by atoms with Gasteiger partial charge in [-0.2, -0.15) is 13.2 Å². The molecule has 0 fully saturated rings. The van der Waals surface area contributed by atoms with Crippen LogP contribution in [0.25, 0.3) is 12.2 Å². The highest BCUT2D eigenvalue weighted by molar-refractivity contribution is 7.09. The lowest BCUT2D eigenvalue weighted by Crippen LogP contribution is -2.25. The van der Waals surface area contributed by atoms with Crippen molar-refractivity contribution in [2.75, 3.05) is 0 Å². The maximum absolute atomic E-state index is 13.1. The predicted molar refractivity (Wildman–Crippen MR) is 102 cm³/mol. The number of rotatable bonds is 1. The van der Waals surface area contributed by atoms with Crippen LogP contribution in [0, 0.1) is 6.92 Å². The van der Waals surface area contributed by atoms with Crippen molar-refractivity contribution in [1.29, 1.82) is 0 Å². The zero-order chi connectivity index (χ0) is 20.8. The minimum Gasteiger partial charge on any atom is -0.401 e. The highest BCUT2D eigenvalue weighted by atomic mass is 32.1. The van der Waals surface area contributed by atoms with Crippen molar-refractivity contribution in [1.82, 2.24) is 4.98 Å². The van der Waals surface area contributed by atoms with Crippen LogP contribution in [0.2, 0.25) is 0 Å². The SMILES string of the molecule is C=c1nc(C)s/c1=C1\CC(N)=C(C(N)=O)\C1=C(\C)C(F)(F)F.CC.CC. The topological polar surface area (TPSA) is 82.0 Å². The lowest BCUT2D eigenvalue weighted by atomic mass is 9.98. The molecule has 1 aliphatic rings. The molecule has 0 aromatic carbocycles. The third-order valence-corrected chi connectivity index (χ3v) is 4.44. The van der Waals surface area contributed by atoms with Crippen LogP contribution in [0.3, 0.4) is 0 Å². The normalized spacial score (nSPS) is 17.9. The van der Waals surface area contributed by atoms with E-state index in [2.05, 4.69) is 11.6 Å². The Morgan fingerprint density at radius 3 is 2.08 bits per heavy atom. The lowest BCUT2D eigenvalue weighted by molar-refractivity contribution is -0.114. The van der Waals surface area contributed by atoms with Gasteiger partial charge in [-0.1, -0.05) is 34.3 Å². The molecule has 1 aromatic rings. The zero-order valence-electron chi connectivity index (χ0n) is 16.0. The molecule has 0 radical (unpaired) electrons. The van der Waals surface area contributed by atoms with Gasteiger partial charge in [0, 0.05) is 23.3 Å². The first kappa shape index (κ1) is 23.9. The van der Waals surface area contributed by atoms with Crippen LogP contribution in [-0.4, -0.2) is 17.1 Å². The number of aryl methyl sites for hydroxylation is 1. The molecule has 0 atom stereocenters. The Hall–Kier alpha value is -2.09. The van der Waals surface area contributed by atoms with Crippen molar-refractivity contribution in [3.8, 4) is 0 Å². The number of halogens is 3. The van der Waals surface area contributed by atoms with Crippen molar-refractivity contribution in [3.63, 3.8) is 0 Å². The van der Waals surface area contributed by atoms with Gasteiger partial charge in [-0.25, -0.2) is 4.98 Å². The van der Waals surface area contributed by atoms with Crippen LogP contribution in [0.1, 0.15) is 46.0 Å². The van der Waals surface area contributed by atoms with E-state index in [4.69, 9.17) is 11.5 Å². The molecule has 1 aliphatic carbocycles. The Kier molecular flexibility index (Phi) is 8.80. The van der Waals surface area contributed by atoms with E-state index < -0.39 is 17.7 Å². The van der Waals surface area contributed by atoms with Crippen molar-refractivity contribution < 1.29 is 18.0 Å². The fourth-order valence-corrected chi connectivity index (χ4v) is 3.33. The second-order valence-electron chi connectivity index (χ2n) is 4.93. The Morgan fingerprint density at radius 2 is 1.73 bits per heavy atom. The van der Waals surface area contributed by atoms with Gasteiger partial charge in [-0.05, 0) is 19.4 Å². The van der Waals surface area contributed by atoms with Crippen LogP contribution < -0.4 is 21.3 Å². The van der Waals surface area contributed by atoms with Crippen molar-refractivity contribution in [2.45, 2.75) is 54.1 Å². The second-order valence-corrected chi connectivity index (χ2v) is 6.13. The summed E-state index contributed by atoms with van der Waals surface area (Å²) in [5, 5.41) is 1.03. The summed E-state index contributed by atoms with van der Waals surface area (Å²) in [6, 6.07) is 0. The van der Waals surface area contributed by atoms with Crippen molar-refractivity contribution >= 4 is 29.4 Å². The average molecular weight is 389 g/mol. The molecule has 2 rings (SSSR count). The minimum atomic E-state index is -4.59. The number of alkyl halides is 3. The molecule has 1 amide bonds. The first-order chi connectivity index (χ1) is 12.0. The third-order valence-electron chi connectivity index (χ3n) is 3.37. The molecule has 0 unspecified atom stereocenters. The maximum atomic E-state index is 13.1. The number of primary amides is 1. The number of allylic oxidation sites excluding steroid dienone is 2. The van der Waals surface area contributed by atoms with Crippen molar-refractivity contribution in [3.05, 3.63) is 37.3 Å². The first-order valence-electron chi connectivity index (χ1n) is 8.26. The van der Waals surface area contributed by atoms with E-state index in [9.17, 15) is 18.0 Å². The lowest BCUT2D eigenvalue weighted by Gasteiger charge is -2.13. The number of amides is 1. The van der Waals surface area contributed by atoms with E-state index in [-0.39, 0.29) is 23.3 Å². The summed E-state index contributed by atoms with van der Waals surface area (Å²) in [4.78, 5) is 15.7. The molecule has 0 saturated carbocycles. The number of nitrogens with zero attached hydrogens (tertiary/aromatic N) is 1. The molecule has 4 N–H and O–H groups in total. The van der Waals surface area contributed by atoms with E-state index in [0.29, 0.717) is 20.5 Å². The highest BCUT2D eigenvalue weighted by Crippen LogP contribution is 2.41. The van der Waals surface area contributed by atoms with E-state index in [0.717, 1.165) is 6.92 Å². The fraction of sp³-hybridized carbons (Fsp3) is 0.444. The molecular formula is C18H26F3N3OS. The van der Waals surface area contributed by atoms with Crippen LogP contribution in [0.4, 0.5) is 13.2 Å². The Balaban J connectivity index is 0.00000146. The molecule has 146 valence electrons. The molecule has 1 aromatic heterocycles. The summed E-state index contributed by atoms with van der Waals surface area (Å²) in [5.41, 5.74) is 9.90. The van der Waals surface area contributed by atoms with Gasteiger partial charge in [-0.15, -0.1) is 11.3 Å². The quantitative estimate of drug-likeness (QED) is 0.774. The standard InChI is InChI=1S/C14H14F3N3OS.2C2H6/c1-5(14(15,16)17)10-8(4-9(18)11(10)13(19)21)12-6(2)20-7(3)22-12;2*1-2/h2,4,18H2,1,3H3,(H2,19,21);2*1-2H3/b10-5-,12-8+;;. The van der Waals surface area contributed by atoms with E-state index in [1.165, 1.54) is 11.3 Å². The fourth-order valence-electron chi connectivity index (χ4n) is 2.42. The van der Waals surface area contributed by atoms with Gasteiger partial charge < -0.3 is 11.5 Å². The molecule has 26 heavy (non-hydrogen) atoms. The van der Waals surface area contributed by atoms with E-state index in [1.807, 2.05) is 27.7 Å². The van der Waals surface area contributed by atoms with Crippen LogP contribution >= 0.6 is 11.3 Å². The van der Waals surface area contributed by atoms with Gasteiger partial charge in [-0.3, -0.25) is 4.79 Å². The Morgan fingerprint density at radius 1 is 1.23 bits per heavy atom.